The molecule has 3 N–H and O–H groups in total. The number of nitrogens with two attached hydrogens (primary N) is 1. The summed E-state index contributed by atoms with van der Waals surface area (Å²) in [6.45, 7) is -0.245. The zero-order chi connectivity index (χ0) is 12.6. The van der Waals surface area contributed by atoms with Gasteiger partial charge in [0.1, 0.15) is 5.75 Å². The molecule has 0 bridgehead atoms. The van der Waals surface area contributed by atoms with E-state index in [2.05, 4.69) is 5.32 Å². The number of carbonyl (C=O) groups excluding carboxylic acids is 1. The number of hydrogen-bond donors (Lipinski definition) is 2. The lowest BCUT2D eigenvalue weighted by atomic mass is 10.2. The zero-order valence-corrected chi connectivity index (χ0v) is 9.95. The minimum Gasteiger partial charge on any atom is -0.497 e. The van der Waals surface area contributed by atoms with Gasteiger partial charge in [-0.2, -0.15) is 0 Å². The van der Waals surface area contributed by atoms with Crippen molar-refractivity contribution in [3.05, 3.63) is 18.2 Å². The van der Waals surface area contributed by atoms with E-state index in [0.29, 0.717) is 5.75 Å². The highest BCUT2D eigenvalue weighted by atomic mass is 32.2. The molecule has 0 aliphatic carbocycles. The molecule has 1 aliphatic heterocycles. The first-order valence-corrected chi connectivity index (χ1v) is 6.48. The molecule has 0 radical (unpaired) electrons. The summed E-state index contributed by atoms with van der Waals surface area (Å²) in [5.74, 6) is -0.176. The van der Waals surface area contributed by atoms with E-state index >= 15 is 0 Å². The lowest BCUT2D eigenvalue weighted by molar-refractivity contribution is -0.115. The van der Waals surface area contributed by atoms with Gasteiger partial charge in [0.15, 0.2) is 15.1 Å². The van der Waals surface area contributed by atoms with E-state index in [1.807, 2.05) is 0 Å². The number of amides is 1. The minimum absolute atomic E-state index is 0.0481. The van der Waals surface area contributed by atoms with Gasteiger partial charge in [0, 0.05) is 12.6 Å². The molecule has 0 fully saturated rings. The number of nitrogens with one attached hydrogen (secondary N) is 1. The molecular weight excluding hydrogens is 244 g/mol. The van der Waals surface area contributed by atoms with Crippen LogP contribution in [-0.4, -0.2) is 33.2 Å². The Kier molecular flexibility index (Phi) is 2.80. The lowest BCUT2D eigenvalue weighted by Gasteiger charge is -2.24. The Hall–Kier alpha value is -1.60. The van der Waals surface area contributed by atoms with Crippen LogP contribution in [0, 0.1) is 0 Å². The first-order valence-electron chi connectivity index (χ1n) is 4.93. The number of methoxy groups -OCH3 is 1. The summed E-state index contributed by atoms with van der Waals surface area (Å²) in [5.41, 5.74) is 5.59. The van der Waals surface area contributed by atoms with E-state index in [1.54, 1.807) is 6.07 Å². The predicted octanol–water partition coefficient (Wildman–Crippen LogP) is -0.252. The normalized spacial score (nSPS) is 21.5. The number of fused-ring (bicyclic) bond motifs is 1. The molecule has 92 valence electrons. The second-order valence-electron chi connectivity index (χ2n) is 3.62. The summed E-state index contributed by atoms with van der Waals surface area (Å²) in [5, 5.41) is 1.28. The van der Waals surface area contributed by atoms with Crippen molar-refractivity contribution in [2.45, 2.75) is 10.1 Å². The third-order valence-electron chi connectivity index (χ3n) is 2.63. The van der Waals surface area contributed by atoms with Gasteiger partial charge in [0.05, 0.1) is 17.7 Å². The maximum atomic E-state index is 12.1. The third kappa shape index (κ3) is 1.77. The summed E-state index contributed by atoms with van der Waals surface area (Å²) in [7, 11) is -2.29. The van der Waals surface area contributed by atoms with E-state index in [4.69, 9.17) is 10.5 Å². The first kappa shape index (κ1) is 11.9. The second kappa shape index (κ2) is 4.01. The summed E-state index contributed by atoms with van der Waals surface area (Å²) in [6.07, 6.45) is 0. The second-order valence-corrected chi connectivity index (χ2v) is 5.72. The van der Waals surface area contributed by atoms with Crippen molar-refractivity contribution in [3.63, 3.8) is 0 Å². The third-order valence-corrected chi connectivity index (χ3v) is 4.74. The van der Waals surface area contributed by atoms with Crippen LogP contribution in [0.15, 0.2) is 23.1 Å². The van der Waals surface area contributed by atoms with Crippen LogP contribution in [0.1, 0.15) is 0 Å². The van der Waals surface area contributed by atoms with Crippen LogP contribution in [0.5, 0.6) is 5.75 Å². The number of ether oxygens (including phenoxy) is 1. The van der Waals surface area contributed by atoms with Crippen molar-refractivity contribution >= 4 is 21.4 Å². The Bertz CT molecular complexity index is 568. The first-order chi connectivity index (χ1) is 8.00. The van der Waals surface area contributed by atoms with Gasteiger partial charge < -0.3 is 15.8 Å². The molecule has 6 nitrogen and oxygen atoms in total. The van der Waals surface area contributed by atoms with Gasteiger partial charge in [-0.05, 0) is 12.1 Å². The number of carbonyl (C=O) groups is 1. The van der Waals surface area contributed by atoms with E-state index in [9.17, 15) is 13.2 Å². The Morgan fingerprint density at radius 2 is 2.18 bits per heavy atom. The summed E-state index contributed by atoms with van der Waals surface area (Å²) >= 11 is 0. The molecule has 7 heteroatoms. The fourth-order valence-electron chi connectivity index (χ4n) is 1.71. The number of hydrogen-bond acceptors (Lipinski definition) is 5. The van der Waals surface area contributed by atoms with Gasteiger partial charge >= 0.3 is 0 Å². The van der Waals surface area contributed by atoms with Crippen molar-refractivity contribution in [1.29, 1.82) is 0 Å². The van der Waals surface area contributed by atoms with Crippen LogP contribution < -0.4 is 15.8 Å². The average Bonchev–Trinajstić information content (AvgIpc) is 2.28. The van der Waals surface area contributed by atoms with E-state index in [0.717, 1.165) is 0 Å². The minimum atomic E-state index is -3.73. The Morgan fingerprint density at radius 1 is 1.47 bits per heavy atom. The lowest BCUT2D eigenvalue weighted by Crippen LogP contribution is -2.44. The standard InChI is InChI=1S/C10H12N2O4S/c1-16-6-2-3-7-8(4-6)17(14,15)9(5-11)10(13)12-7/h2-4,9H,5,11H2,1H3,(H,12,13). The molecule has 1 atom stereocenters. The van der Waals surface area contributed by atoms with Crippen molar-refractivity contribution in [3.8, 4) is 5.75 Å². The quantitative estimate of drug-likeness (QED) is 0.760. The molecule has 1 amide bonds. The largest absolute Gasteiger partial charge is 0.497 e. The Morgan fingerprint density at radius 3 is 2.76 bits per heavy atom. The number of sulfone groups is 1. The van der Waals surface area contributed by atoms with Crippen LogP contribution in [0.25, 0.3) is 0 Å². The monoisotopic (exact) mass is 256 g/mol. The van der Waals surface area contributed by atoms with Gasteiger partial charge in [0.25, 0.3) is 0 Å². The van der Waals surface area contributed by atoms with Crippen LogP contribution in [0.3, 0.4) is 0 Å². The fraction of sp³-hybridized carbons (Fsp3) is 0.300. The average molecular weight is 256 g/mol. The summed E-state index contributed by atoms with van der Waals surface area (Å²) in [6, 6.07) is 4.46. The molecule has 1 aromatic rings. The predicted molar refractivity (Wildman–Crippen MR) is 61.7 cm³/mol. The van der Waals surface area contributed by atoms with Gasteiger partial charge in [-0.15, -0.1) is 0 Å². The zero-order valence-electron chi connectivity index (χ0n) is 9.14. The van der Waals surface area contributed by atoms with Crippen LogP contribution >= 0.6 is 0 Å². The van der Waals surface area contributed by atoms with Crippen LogP contribution in [0.2, 0.25) is 0 Å². The van der Waals surface area contributed by atoms with Crippen molar-refractivity contribution < 1.29 is 17.9 Å². The molecule has 1 heterocycles. The molecule has 1 aromatic carbocycles. The molecule has 0 saturated heterocycles. The van der Waals surface area contributed by atoms with E-state index in [1.165, 1.54) is 19.2 Å². The Balaban J connectivity index is 2.64. The smallest absolute Gasteiger partial charge is 0.244 e. The van der Waals surface area contributed by atoms with Gasteiger partial charge in [-0.3, -0.25) is 4.79 Å². The highest BCUT2D eigenvalue weighted by Gasteiger charge is 2.39. The molecular formula is C10H12N2O4S. The summed E-state index contributed by atoms with van der Waals surface area (Å²) in [4.78, 5) is 11.6. The highest BCUT2D eigenvalue weighted by Crippen LogP contribution is 2.32. The van der Waals surface area contributed by atoms with Gasteiger partial charge in [-0.1, -0.05) is 0 Å². The number of rotatable bonds is 2. The van der Waals surface area contributed by atoms with Crippen LogP contribution in [0.4, 0.5) is 5.69 Å². The van der Waals surface area contributed by atoms with E-state index in [-0.39, 0.29) is 17.1 Å². The summed E-state index contributed by atoms with van der Waals surface area (Å²) < 4.78 is 29.2. The Labute approximate surface area is 98.7 Å². The van der Waals surface area contributed by atoms with Crippen molar-refractivity contribution in [2.75, 3.05) is 19.0 Å². The molecule has 2 rings (SSSR count). The number of benzene rings is 1. The molecule has 1 unspecified atom stereocenters. The molecule has 0 saturated carbocycles. The molecule has 0 aromatic heterocycles. The molecule has 0 spiro atoms. The topological polar surface area (TPSA) is 98.5 Å². The van der Waals surface area contributed by atoms with Crippen molar-refractivity contribution in [1.82, 2.24) is 0 Å². The van der Waals surface area contributed by atoms with Gasteiger partial charge in [-0.25, -0.2) is 8.42 Å². The number of anilines is 1. The van der Waals surface area contributed by atoms with Gasteiger partial charge in [0.2, 0.25) is 5.91 Å². The molecule has 17 heavy (non-hydrogen) atoms. The maximum Gasteiger partial charge on any atom is 0.244 e. The van der Waals surface area contributed by atoms with Crippen LogP contribution in [-0.2, 0) is 14.6 Å². The fourth-order valence-corrected chi connectivity index (χ4v) is 3.32. The SMILES string of the molecule is COc1ccc2c(c1)S(=O)(=O)C(CN)C(=O)N2. The maximum absolute atomic E-state index is 12.1. The van der Waals surface area contributed by atoms with E-state index < -0.39 is 21.0 Å². The van der Waals surface area contributed by atoms with Crippen molar-refractivity contribution in [2.24, 2.45) is 5.73 Å². The highest BCUT2D eigenvalue weighted by molar-refractivity contribution is 7.93. The molecule has 1 aliphatic rings.